The highest BCUT2D eigenvalue weighted by molar-refractivity contribution is 5.11. The molecule has 5 nitrogen and oxygen atoms in total. The first kappa shape index (κ1) is 8.25. The van der Waals surface area contributed by atoms with Gasteiger partial charge in [-0.2, -0.15) is 0 Å². The van der Waals surface area contributed by atoms with Crippen LogP contribution in [0.15, 0.2) is 15.7 Å². The summed E-state index contributed by atoms with van der Waals surface area (Å²) >= 11 is 0. The number of hydrogen-bond acceptors (Lipinski definition) is 3. The molecule has 0 fully saturated rings. The fourth-order valence-corrected chi connectivity index (χ4v) is 1.64. The Bertz CT molecular complexity index is 457. The standard InChI is InChI=1S/C8H11N3O2/c1-10-7(12)4-6-5(9)2-3-11(6)8(10)13/h4-5H,2-3,9H2,1H3/t5-/m1/s1. The van der Waals surface area contributed by atoms with Gasteiger partial charge in [0.2, 0.25) is 0 Å². The molecule has 0 saturated heterocycles. The van der Waals surface area contributed by atoms with E-state index in [-0.39, 0.29) is 17.3 Å². The molecule has 0 bridgehead atoms. The van der Waals surface area contributed by atoms with Crippen molar-refractivity contribution in [2.24, 2.45) is 12.8 Å². The van der Waals surface area contributed by atoms with Crippen LogP contribution in [0.5, 0.6) is 0 Å². The third-order valence-electron chi connectivity index (χ3n) is 2.48. The lowest BCUT2D eigenvalue weighted by Crippen LogP contribution is -2.37. The molecule has 2 N–H and O–H groups in total. The van der Waals surface area contributed by atoms with Gasteiger partial charge in [-0.15, -0.1) is 0 Å². The van der Waals surface area contributed by atoms with Gasteiger partial charge >= 0.3 is 5.69 Å². The van der Waals surface area contributed by atoms with Crippen LogP contribution in [0.4, 0.5) is 0 Å². The Morgan fingerprint density at radius 3 is 2.92 bits per heavy atom. The summed E-state index contributed by atoms with van der Waals surface area (Å²) in [5, 5.41) is 0. The van der Waals surface area contributed by atoms with Crippen LogP contribution in [0.25, 0.3) is 0 Å². The average Bonchev–Trinajstić information content (AvgIpc) is 2.45. The van der Waals surface area contributed by atoms with Crippen LogP contribution in [0.2, 0.25) is 0 Å². The fourth-order valence-electron chi connectivity index (χ4n) is 1.64. The average molecular weight is 181 g/mol. The normalized spacial score (nSPS) is 20.3. The predicted octanol–water partition coefficient (Wildman–Crippen LogP) is -1.05. The zero-order chi connectivity index (χ0) is 9.59. The number of rotatable bonds is 0. The summed E-state index contributed by atoms with van der Waals surface area (Å²) in [7, 11) is 1.47. The molecule has 1 aliphatic heterocycles. The summed E-state index contributed by atoms with van der Waals surface area (Å²) in [6.07, 6.45) is 0.735. The molecule has 2 rings (SSSR count). The van der Waals surface area contributed by atoms with Gasteiger partial charge in [0.05, 0.1) is 0 Å². The van der Waals surface area contributed by atoms with E-state index in [0.717, 1.165) is 11.0 Å². The third-order valence-corrected chi connectivity index (χ3v) is 2.48. The van der Waals surface area contributed by atoms with Gasteiger partial charge in [-0.3, -0.25) is 13.9 Å². The van der Waals surface area contributed by atoms with E-state index in [9.17, 15) is 9.59 Å². The molecule has 0 saturated carbocycles. The van der Waals surface area contributed by atoms with Crippen LogP contribution in [0, 0.1) is 0 Å². The minimum Gasteiger partial charge on any atom is -0.323 e. The summed E-state index contributed by atoms with van der Waals surface area (Å²) in [6.45, 7) is 0.615. The number of nitrogens with two attached hydrogens (primary N) is 1. The van der Waals surface area contributed by atoms with E-state index >= 15 is 0 Å². The maximum atomic E-state index is 11.5. The van der Waals surface area contributed by atoms with Crippen molar-refractivity contribution < 1.29 is 0 Å². The molecule has 1 aliphatic rings. The highest BCUT2D eigenvalue weighted by Gasteiger charge is 2.21. The number of fused-ring (bicyclic) bond motifs is 1. The second-order valence-electron chi connectivity index (χ2n) is 3.30. The van der Waals surface area contributed by atoms with Gasteiger partial charge < -0.3 is 5.73 Å². The van der Waals surface area contributed by atoms with E-state index in [0.29, 0.717) is 12.2 Å². The SMILES string of the molecule is Cn1c(=O)cc2n(c1=O)CC[C@H]2N. The molecule has 5 heteroatoms. The number of hydrogen-bond donors (Lipinski definition) is 1. The first-order valence-corrected chi connectivity index (χ1v) is 4.17. The number of aromatic nitrogens is 2. The summed E-state index contributed by atoms with van der Waals surface area (Å²) in [6, 6.07) is 1.28. The lowest BCUT2D eigenvalue weighted by Gasteiger charge is -2.05. The zero-order valence-electron chi connectivity index (χ0n) is 7.36. The van der Waals surface area contributed by atoms with Crippen LogP contribution in [-0.4, -0.2) is 9.13 Å². The Kier molecular flexibility index (Phi) is 1.63. The minimum atomic E-state index is -0.284. The Morgan fingerprint density at radius 1 is 1.54 bits per heavy atom. The van der Waals surface area contributed by atoms with Crippen molar-refractivity contribution in [2.45, 2.75) is 19.0 Å². The van der Waals surface area contributed by atoms with E-state index in [1.54, 1.807) is 4.57 Å². The lowest BCUT2D eigenvalue weighted by molar-refractivity contribution is 0.630. The molecule has 0 aliphatic carbocycles. The predicted molar refractivity (Wildman–Crippen MR) is 47.5 cm³/mol. The van der Waals surface area contributed by atoms with E-state index in [1.807, 2.05) is 0 Å². The van der Waals surface area contributed by atoms with Gasteiger partial charge in [0.15, 0.2) is 0 Å². The van der Waals surface area contributed by atoms with Crippen molar-refractivity contribution in [3.63, 3.8) is 0 Å². The molecule has 0 unspecified atom stereocenters. The Labute approximate surface area is 74.4 Å². The Hall–Kier alpha value is -1.36. The van der Waals surface area contributed by atoms with Crippen molar-refractivity contribution in [3.8, 4) is 0 Å². The summed E-state index contributed by atoms with van der Waals surface area (Å²) < 4.78 is 2.66. The molecule has 1 aromatic rings. The maximum Gasteiger partial charge on any atom is 0.330 e. The molecule has 1 aromatic heterocycles. The summed E-state index contributed by atoms with van der Waals surface area (Å²) in [5.41, 5.74) is 5.83. The molecule has 70 valence electrons. The van der Waals surface area contributed by atoms with Gasteiger partial charge in [-0.05, 0) is 6.42 Å². The summed E-state index contributed by atoms with van der Waals surface area (Å²) in [4.78, 5) is 22.7. The minimum absolute atomic E-state index is 0.165. The molecular weight excluding hydrogens is 170 g/mol. The van der Waals surface area contributed by atoms with Crippen LogP contribution in [-0.2, 0) is 13.6 Å². The fraction of sp³-hybridized carbons (Fsp3) is 0.500. The molecule has 13 heavy (non-hydrogen) atoms. The van der Waals surface area contributed by atoms with E-state index in [2.05, 4.69) is 0 Å². The van der Waals surface area contributed by atoms with E-state index < -0.39 is 0 Å². The topological polar surface area (TPSA) is 70.0 Å². The third kappa shape index (κ3) is 1.04. The maximum absolute atomic E-state index is 11.5. The van der Waals surface area contributed by atoms with Crippen LogP contribution in [0.1, 0.15) is 18.2 Å². The molecule has 1 atom stereocenters. The van der Waals surface area contributed by atoms with Crippen LogP contribution >= 0.6 is 0 Å². The zero-order valence-corrected chi connectivity index (χ0v) is 7.36. The highest BCUT2D eigenvalue weighted by Crippen LogP contribution is 2.18. The Balaban J connectivity index is 2.82. The second kappa shape index (κ2) is 2.56. The molecule has 0 spiro atoms. The smallest absolute Gasteiger partial charge is 0.323 e. The van der Waals surface area contributed by atoms with Crippen molar-refractivity contribution in [1.29, 1.82) is 0 Å². The second-order valence-corrected chi connectivity index (χ2v) is 3.30. The first-order valence-electron chi connectivity index (χ1n) is 4.17. The number of nitrogens with zero attached hydrogens (tertiary/aromatic N) is 2. The largest absolute Gasteiger partial charge is 0.330 e. The van der Waals surface area contributed by atoms with Gasteiger partial charge in [-0.1, -0.05) is 0 Å². The van der Waals surface area contributed by atoms with Gasteiger partial charge in [0.1, 0.15) is 0 Å². The van der Waals surface area contributed by atoms with E-state index in [4.69, 9.17) is 5.73 Å². The monoisotopic (exact) mass is 181 g/mol. The van der Waals surface area contributed by atoms with Crippen molar-refractivity contribution in [3.05, 3.63) is 32.6 Å². The molecule has 0 aromatic carbocycles. The lowest BCUT2D eigenvalue weighted by atomic mass is 10.2. The van der Waals surface area contributed by atoms with Crippen molar-refractivity contribution in [1.82, 2.24) is 9.13 Å². The molecule has 0 amide bonds. The Morgan fingerprint density at radius 2 is 2.23 bits per heavy atom. The van der Waals surface area contributed by atoms with Crippen molar-refractivity contribution >= 4 is 0 Å². The van der Waals surface area contributed by atoms with Crippen molar-refractivity contribution in [2.75, 3.05) is 0 Å². The van der Waals surface area contributed by atoms with Gasteiger partial charge in [0, 0.05) is 31.4 Å². The van der Waals surface area contributed by atoms with Crippen LogP contribution in [0.3, 0.4) is 0 Å². The first-order chi connectivity index (χ1) is 6.11. The van der Waals surface area contributed by atoms with E-state index in [1.165, 1.54) is 13.1 Å². The van der Waals surface area contributed by atoms with Gasteiger partial charge in [-0.25, -0.2) is 4.79 Å². The van der Waals surface area contributed by atoms with Gasteiger partial charge in [0.25, 0.3) is 5.56 Å². The molecular formula is C8H11N3O2. The van der Waals surface area contributed by atoms with Crippen LogP contribution < -0.4 is 17.0 Å². The molecule has 2 heterocycles. The molecule has 0 radical (unpaired) electrons. The quantitative estimate of drug-likeness (QED) is 0.555. The summed E-state index contributed by atoms with van der Waals surface area (Å²) in [5.74, 6) is 0. The highest BCUT2D eigenvalue weighted by atomic mass is 16.2.